The molecule has 0 saturated heterocycles. The number of benzene rings is 1. The molecule has 4 nitrogen and oxygen atoms in total. The van der Waals surface area contributed by atoms with Gasteiger partial charge in [-0.1, -0.05) is 19.1 Å². The molecule has 0 saturated carbocycles. The molecule has 1 rings (SSSR count). The number of esters is 1. The Bertz CT molecular complexity index is 426. The van der Waals surface area contributed by atoms with Gasteiger partial charge < -0.3 is 15.2 Å². The lowest BCUT2D eigenvalue weighted by Crippen LogP contribution is -2.32. The Kier molecular flexibility index (Phi) is 6.02. The Balaban J connectivity index is 2.56. The monoisotopic (exact) mass is 279 g/mol. The third-order valence-electron chi connectivity index (χ3n) is 3.28. The van der Waals surface area contributed by atoms with Crippen molar-refractivity contribution in [1.29, 1.82) is 0 Å². The van der Waals surface area contributed by atoms with E-state index in [-0.39, 0.29) is 18.6 Å². The van der Waals surface area contributed by atoms with E-state index in [2.05, 4.69) is 6.92 Å². The molecule has 1 unspecified atom stereocenters. The van der Waals surface area contributed by atoms with E-state index in [9.17, 15) is 4.79 Å². The highest BCUT2D eigenvalue weighted by atomic mass is 16.5. The van der Waals surface area contributed by atoms with Crippen LogP contribution in [0.1, 0.15) is 32.8 Å². The van der Waals surface area contributed by atoms with E-state index in [4.69, 9.17) is 15.2 Å². The minimum absolute atomic E-state index is 0.194. The highest BCUT2D eigenvalue weighted by Gasteiger charge is 2.29. The second-order valence-electron chi connectivity index (χ2n) is 5.68. The zero-order valence-corrected chi connectivity index (χ0v) is 12.8. The van der Waals surface area contributed by atoms with Crippen molar-refractivity contribution in [3.8, 4) is 5.75 Å². The van der Waals surface area contributed by atoms with Gasteiger partial charge in [0.2, 0.25) is 0 Å². The highest BCUT2D eigenvalue weighted by Crippen LogP contribution is 2.20. The Labute approximate surface area is 121 Å². The van der Waals surface area contributed by atoms with Crippen LogP contribution in [0.4, 0.5) is 0 Å². The lowest BCUT2D eigenvalue weighted by molar-refractivity contribution is -0.152. The van der Waals surface area contributed by atoms with Crippen molar-refractivity contribution in [2.75, 3.05) is 13.7 Å². The molecule has 1 aromatic rings. The van der Waals surface area contributed by atoms with Crippen LogP contribution in [0.5, 0.6) is 5.75 Å². The highest BCUT2D eigenvalue weighted by molar-refractivity contribution is 5.75. The third kappa shape index (κ3) is 4.85. The summed E-state index contributed by atoms with van der Waals surface area (Å²) >= 11 is 0. The van der Waals surface area contributed by atoms with E-state index < -0.39 is 5.41 Å². The van der Waals surface area contributed by atoms with Gasteiger partial charge >= 0.3 is 5.97 Å². The van der Waals surface area contributed by atoms with E-state index in [0.717, 1.165) is 18.6 Å². The molecule has 4 heteroatoms. The largest absolute Gasteiger partial charge is 0.492 e. The fraction of sp³-hybridized carbons (Fsp3) is 0.562. The van der Waals surface area contributed by atoms with Gasteiger partial charge in [0, 0.05) is 6.04 Å². The topological polar surface area (TPSA) is 61.5 Å². The first-order valence-corrected chi connectivity index (χ1v) is 6.94. The van der Waals surface area contributed by atoms with Crippen molar-refractivity contribution in [2.45, 2.75) is 39.7 Å². The van der Waals surface area contributed by atoms with Crippen LogP contribution in [0.2, 0.25) is 0 Å². The first-order valence-electron chi connectivity index (χ1n) is 6.94. The summed E-state index contributed by atoms with van der Waals surface area (Å²) in [5, 5.41) is 0. The van der Waals surface area contributed by atoms with Gasteiger partial charge in [-0.15, -0.1) is 0 Å². The maximum Gasteiger partial charge on any atom is 0.314 e. The maximum atomic E-state index is 11.5. The van der Waals surface area contributed by atoms with Crippen LogP contribution >= 0.6 is 0 Å². The van der Waals surface area contributed by atoms with E-state index in [1.54, 1.807) is 13.8 Å². The predicted molar refractivity (Wildman–Crippen MR) is 79.7 cm³/mol. The first-order chi connectivity index (χ1) is 9.39. The molecule has 0 amide bonds. The van der Waals surface area contributed by atoms with Gasteiger partial charge in [-0.05, 0) is 44.4 Å². The number of carbonyl (C=O) groups excluding carboxylic acids is 1. The molecule has 0 aliphatic carbocycles. The van der Waals surface area contributed by atoms with Crippen molar-refractivity contribution in [3.05, 3.63) is 29.8 Å². The number of nitrogens with two attached hydrogens (primary N) is 1. The predicted octanol–water partition coefficient (Wildman–Crippen LogP) is 2.54. The van der Waals surface area contributed by atoms with Crippen molar-refractivity contribution in [1.82, 2.24) is 0 Å². The minimum Gasteiger partial charge on any atom is -0.492 e. The van der Waals surface area contributed by atoms with E-state index >= 15 is 0 Å². The molecule has 1 atom stereocenters. The van der Waals surface area contributed by atoms with Gasteiger partial charge in [-0.3, -0.25) is 4.79 Å². The van der Waals surface area contributed by atoms with E-state index in [1.807, 2.05) is 24.3 Å². The summed E-state index contributed by atoms with van der Waals surface area (Å²) in [6.07, 6.45) is 1.83. The van der Waals surface area contributed by atoms with E-state index in [0.29, 0.717) is 0 Å². The Hall–Kier alpha value is -1.55. The number of hydrogen-bond acceptors (Lipinski definition) is 4. The molecule has 0 radical (unpaired) electrons. The lowest BCUT2D eigenvalue weighted by Gasteiger charge is -2.21. The molecule has 0 heterocycles. The number of ether oxygens (including phenoxy) is 2. The Morgan fingerprint density at radius 3 is 2.40 bits per heavy atom. The van der Waals surface area contributed by atoms with Gasteiger partial charge in [-0.2, -0.15) is 0 Å². The van der Waals surface area contributed by atoms with Crippen LogP contribution < -0.4 is 10.5 Å². The smallest absolute Gasteiger partial charge is 0.314 e. The third-order valence-corrected chi connectivity index (χ3v) is 3.28. The number of hydrogen-bond donors (Lipinski definition) is 1. The average molecular weight is 279 g/mol. The molecule has 0 fully saturated rings. The molecule has 20 heavy (non-hydrogen) atoms. The van der Waals surface area contributed by atoms with E-state index in [1.165, 1.54) is 12.7 Å². The minimum atomic E-state index is -0.655. The van der Waals surface area contributed by atoms with Crippen LogP contribution in [0.15, 0.2) is 24.3 Å². The zero-order valence-electron chi connectivity index (χ0n) is 12.8. The second kappa shape index (κ2) is 7.29. The molecule has 0 bridgehead atoms. The summed E-state index contributed by atoms with van der Waals surface area (Å²) in [6.45, 7) is 5.96. The standard InChI is InChI=1S/C16H25NO3/c1-5-13(17)10-12-6-8-14(9-7-12)20-11-16(2,3)15(18)19-4/h6-9,13H,5,10-11,17H2,1-4H3. The Morgan fingerprint density at radius 1 is 1.30 bits per heavy atom. The van der Waals surface area contributed by atoms with Crippen LogP contribution in [0.25, 0.3) is 0 Å². The van der Waals surface area contributed by atoms with Crippen LogP contribution in [-0.4, -0.2) is 25.7 Å². The van der Waals surface area contributed by atoms with Crippen molar-refractivity contribution >= 4 is 5.97 Å². The van der Waals surface area contributed by atoms with Crippen molar-refractivity contribution in [3.63, 3.8) is 0 Å². The molecule has 0 aromatic heterocycles. The second-order valence-corrected chi connectivity index (χ2v) is 5.68. The number of methoxy groups -OCH3 is 1. The molecule has 0 aliphatic rings. The summed E-state index contributed by atoms with van der Waals surface area (Å²) < 4.78 is 10.4. The number of carbonyl (C=O) groups is 1. The lowest BCUT2D eigenvalue weighted by atomic mass is 9.95. The number of rotatable bonds is 7. The maximum absolute atomic E-state index is 11.5. The average Bonchev–Trinajstić information content (AvgIpc) is 2.45. The molecule has 1 aromatic carbocycles. The SMILES string of the molecule is CCC(N)Cc1ccc(OCC(C)(C)C(=O)OC)cc1. The van der Waals surface area contributed by atoms with Gasteiger partial charge in [-0.25, -0.2) is 0 Å². The molecular weight excluding hydrogens is 254 g/mol. The molecular formula is C16H25NO3. The van der Waals surface area contributed by atoms with Crippen molar-refractivity contribution < 1.29 is 14.3 Å². The van der Waals surface area contributed by atoms with Crippen LogP contribution in [0, 0.1) is 5.41 Å². The molecule has 112 valence electrons. The molecule has 0 aliphatic heterocycles. The van der Waals surface area contributed by atoms with Gasteiger partial charge in [0.05, 0.1) is 12.5 Å². The van der Waals surface area contributed by atoms with Crippen LogP contribution in [-0.2, 0) is 16.0 Å². The first kappa shape index (κ1) is 16.5. The summed E-state index contributed by atoms with van der Waals surface area (Å²) in [6, 6.07) is 8.03. The van der Waals surface area contributed by atoms with Crippen molar-refractivity contribution in [2.24, 2.45) is 11.1 Å². The fourth-order valence-corrected chi connectivity index (χ4v) is 1.77. The Morgan fingerprint density at radius 2 is 1.90 bits per heavy atom. The summed E-state index contributed by atoms with van der Waals surface area (Å²) in [5.74, 6) is 0.471. The van der Waals surface area contributed by atoms with Gasteiger partial charge in [0.15, 0.2) is 0 Å². The molecule has 0 spiro atoms. The fourth-order valence-electron chi connectivity index (χ4n) is 1.77. The van der Waals surface area contributed by atoms with Gasteiger partial charge in [0.1, 0.15) is 12.4 Å². The van der Waals surface area contributed by atoms with Gasteiger partial charge in [0.25, 0.3) is 0 Å². The normalized spacial score (nSPS) is 12.8. The summed E-state index contributed by atoms with van der Waals surface area (Å²) in [4.78, 5) is 11.5. The summed E-state index contributed by atoms with van der Waals surface area (Å²) in [7, 11) is 1.38. The molecule has 2 N–H and O–H groups in total. The quantitative estimate of drug-likeness (QED) is 0.779. The summed E-state index contributed by atoms with van der Waals surface area (Å²) in [5.41, 5.74) is 6.46. The van der Waals surface area contributed by atoms with Crippen LogP contribution in [0.3, 0.4) is 0 Å². The zero-order chi connectivity index (χ0) is 15.2.